The summed E-state index contributed by atoms with van der Waals surface area (Å²) in [6.45, 7) is 3.91. The molecule has 0 amide bonds. The van der Waals surface area contributed by atoms with Crippen LogP contribution in [-0.4, -0.2) is 30.9 Å². The largest absolute Gasteiger partial charge is 0.497 e. The van der Waals surface area contributed by atoms with E-state index in [0.717, 1.165) is 17.5 Å². The number of nitrogens with zero attached hydrogens (tertiary/aromatic N) is 3. The smallest absolute Gasteiger partial charge is 0.338 e. The zero-order valence-corrected chi connectivity index (χ0v) is 21.7. The Labute approximate surface area is 218 Å². The number of hydrogen-bond donors (Lipinski definition) is 0. The molecule has 3 aromatic rings. The number of thiazole rings is 1. The highest BCUT2D eigenvalue weighted by Gasteiger charge is 2.34. The first-order valence-corrected chi connectivity index (χ1v) is 12.8. The molecule has 0 fully saturated rings. The Morgan fingerprint density at radius 2 is 1.97 bits per heavy atom. The molecule has 0 saturated carbocycles. The topological polar surface area (TPSA) is 103 Å². The molecule has 2 heterocycles. The molecule has 2 aromatic carbocycles. The van der Waals surface area contributed by atoms with E-state index in [1.165, 1.54) is 11.3 Å². The summed E-state index contributed by atoms with van der Waals surface area (Å²) < 4.78 is 18.3. The summed E-state index contributed by atoms with van der Waals surface area (Å²) in [6.07, 6.45) is 3.11. The minimum Gasteiger partial charge on any atom is -0.497 e. The Hall–Kier alpha value is -4.16. The maximum atomic E-state index is 13.8. The number of nitriles is 1. The Morgan fingerprint density at radius 1 is 1.19 bits per heavy atom. The van der Waals surface area contributed by atoms with E-state index in [1.807, 2.05) is 43.3 Å². The molecule has 37 heavy (non-hydrogen) atoms. The van der Waals surface area contributed by atoms with Gasteiger partial charge >= 0.3 is 5.97 Å². The second kappa shape index (κ2) is 11.7. The lowest BCUT2D eigenvalue weighted by atomic mass is 9.94. The Balaban J connectivity index is 1.94. The van der Waals surface area contributed by atoms with Crippen molar-refractivity contribution in [3.05, 3.63) is 90.6 Å². The van der Waals surface area contributed by atoms with Gasteiger partial charge in [0.15, 0.2) is 11.4 Å². The number of esters is 1. The number of hydrogen-bond acceptors (Lipinski definition) is 8. The van der Waals surface area contributed by atoms with E-state index in [9.17, 15) is 9.59 Å². The van der Waals surface area contributed by atoms with Gasteiger partial charge in [0.05, 0.1) is 35.6 Å². The third-order valence-corrected chi connectivity index (χ3v) is 6.74. The number of aromatic nitrogens is 1. The molecular weight excluding hydrogens is 490 g/mol. The molecule has 4 rings (SSSR count). The zero-order valence-electron chi connectivity index (χ0n) is 20.9. The molecule has 1 aliphatic heterocycles. The summed E-state index contributed by atoms with van der Waals surface area (Å²) in [6, 6.07) is 15.7. The predicted molar refractivity (Wildman–Crippen MR) is 140 cm³/mol. The van der Waals surface area contributed by atoms with E-state index < -0.39 is 12.0 Å². The third-order valence-electron chi connectivity index (χ3n) is 5.76. The fourth-order valence-corrected chi connectivity index (χ4v) is 5.23. The van der Waals surface area contributed by atoms with Gasteiger partial charge in [-0.1, -0.05) is 48.9 Å². The summed E-state index contributed by atoms with van der Waals surface area (Å²) in [5.74, 6) is 0.664. The van der Waals surface area contributed by atoms with Gasteiger partial charge in [-0.25, -0.2) is 9.79 Å². The van der Waals surface area contributed by atoms with Crippen molar-refractivity contribution in [1.82, 2.24) is 4.57 Å². The highest BCUT2D eigenvalue weighted by atomic mass is 32.1. The van der Waals surface area contributed by atoms with Crippen LogP contribution in [0.3, 0.4) is 0 Å². The van der Waals surface area contributed by atoms with Crippen LogP contribution in [0.25, 0.3) is 6.08 Å². The number of carbonyl (C=O) groups excluding carboxylic acids is 1. The van der Waals surface area contributed by atoms with Gasteiger partial charge in [0.1, 0.15) is 17.6 Å². The van der Waals surface area contributed by atoms with E-state index >= 15 is 0 Å². The number of carbonyl (C=O) groups is 1. The van der Waals surface area contributed by atoms with E-state index in [0.29, 0.717) is 38.5 Å². The van der Waals surface area contributed by atoms with Gasteiger partial charge in [-0.05, 0) is 54.8 Å². The fourth-order valence-electron chi connectivity index (χ4n) is 4.21. The highest BCUT2D eigenvalue weighted by molar-refractivity contribution is 7.07. The van der Waals surface area contributed by atoms with Crippen molar-refractivity contribution in [2.75, 3.05) is 20.3 Å². The molecule has 0 unspecified atom stereocenters. The van der Waals surface area contributed by atoms with Crippen molar-refractivity contribution in [3.8, 4) is 17.6 Å². The van der Waals surface area contributed by atoms with Gasteiger partial charge in [0.2, 0.25) is 0 Å². The SMILES string of the molecule is CCCC1=C(C(=O)OCC)[C@H](c2cccc(OC)c2)n2c(s/c(=C\c3cccc(OCC#N)c3)c2=O)=N1. The van der Waals surface area contributed by atoms with Crippen molar-refractivity contribution in [2.24, 2.45) is 4.99 Å². The van der Waals surface area contributed by atoms with Gasteiger partial charge in [-0.3, -0.25) is 9.36 Å². The first-order valence-electron chi connectivity index (χ1n) is 12.0. The monoisotopic (exact) mass is 517 g/mol. The molecule has 0 spiro atoms. The molecule has 1 atom stereocenters. The van der Waals surface area contributed by atoms with E-state index in [1.54, 1.807) is 42.9 Å². The molecule has 1 aliphatic rings. The van der Waals surface area contributed by atoms with Crippen molar-refractivity contribution in [3.63, 3.8) is 0 Å². The van der Waals surface area contributed by atoms with E-state index in [-0.39, 0.29) is 18.8 Å². The molecule has 0 saturated heterocycles. The molecule has 9 heteroatoms. The van der Waals surface area contributed by atoms with Gasteiger partial charge in [0, 0.05) is 0 Å². The summed E-state index contributed by atoms with van der Waals surface area (Å²) in [7, 11) is 1.57. The maximum absolute atomic E-state index is 13.8. The first kappa shape index (κ1) is 25.9. The first-order chi connectivity index (χ1) is 18.0. The summed E-state index contributed by atoms with van der Waals surface area (Å²) in [5, 5.41) is 8.79. The van der Waals surface area contributed by atoms with Crippen LogP contribution < -0.4 is 24.4 Å². The average Bonchev–Trinajstić information content (AvgIpc) is 3.21. The van der Waals surface area contributed by atoms with Gasteiger partial charge in [0.25, 0.3) is 5.56 Å². The second-order valence-corrected chi connectivity index (χ2v) is 9.22. The van der Waals surface area contributed by atoms with Crippen LogP contribution >= 0.6 is 11.3 Å². The van der Waals surface area contributed by atoms with Crippen LogP contribution in [0.4, 0.5) is 0 Å². The Bertz CT molecular complexity index is 1560. The number of ether oxygens (including phenoxy) is 3. The predicted octanol–water partition coefficient (Wildman–Crippen LogP) is 3.49. The van der Waals surface area contributed by atoms with Crippen molar-refractivity contribution < 1.29 is 19.0 Å². The molecule has 0 radical (unpaired) electrons. The summed E-state index contributed by atoms with van der Waals surface area (Å²) >= 11 is 1.26. The van der Waals surface area contributed by atoms with Crippen molar-refractivity contribution in [1.29, 1.82) is 5.26 Å². The second-order valence-electron chi connectivity index (χ2n) is 8.21. The molecule has 190 valence electrons. The van der Waals surface area contributed by atoms with Gasteiger partial charge in [-0.2, -0.15) is 5.26 Å². The van der Waals surface area contributed by atoms with Crippen LogP contribution in [0, 0.1) is 11.3 Å². The van der Waals surface area contributed by atoms with Crippen molar-refractivity contribution in [2.45, 2.75) is 32.7 Å². The number of methoxy groups -OCH3 is 1. The van der Waals surface area contributed by atoms with Gasteiger partial charge < -0.3 is 14.2 Å². The van der Waals surface area contributed by atoms with Crippen LogP contribution in [-0.2, 0) is 9.53 Å². The number of allylic oxidation sites excluding steroid dienone is 1. The summed E-state index contributed by atoms with van der Waals surface area (Å²) in [4.78, 5) is 32.3. The number of benzene rings is 2. The standard InChI is InChI=1S/C28H27N3O5S/c1-4-8-22-24(27(33)35-5-2)25(19-10-7-11-20(17-19)34-3)31-26(32)23(37-28(31)30-22)16-18-9-6-12-21(15-18)36-14-13-29/h6-7,9-12,15-17,25H,4-5,8,14H2,1-3H3/b23-16-/t25-/m0/s1. The average molecular weight is 518 g/mol. The van der Waals surface area contributed by atoms with Crippen molar-refractivity contribution >= 4 is 23.4 Å². The fraction of sp³-hybridized carbons (Fsp3) is 0.286. The minimum atomic E-state index is -0.709. The Morgan fingerprint density at radius 3 is 2.70 bits per heavy atom. The number of rotatable bonds is 9. The summed E-state index contributed by atoms with van der Waals surface area (Å²) in [5.41, 5.74) is 2.19. The maximum Gasteiger partial charge on any atom is 0.338 e. The van der Waals surface area contributed by atoms with Crippen LogP contribution in [0.2, 0.25) is 0 Å². The molecule has 0 bridgehead atoms. The van der Waals surface area contributed by atoms with Crippen LogP contribution in [0.15, 0.2) is 69.6 Å². The minimum absolute atomic E-state index is 0.0664. The van der Waals surface area contributed by atoms with Crippen LogP contribution in [0.5, 0.6) is 11.5 Å². The normalized spacial score (nSPS) is 15.0. The highest BCUT2D eigenvalue weighted by Crippen LogP contribution is 2.33. The van der Waals surface area contributed by atoms with Crippen LogP contribution in [0.1, 0.15) is 43.9 Å². The molecular formula is C28H27N3O5S. The van der Waals surface area contributed by atoms with Gasteiger partial charge in [-0.15, -0.1) is 0 Å². The zero-order chi connectivity index (χ0) is 26.4. The molecule has 0 aliphatic carbocycles. The molecule has 0 N–H and O–H groups in total. The van der Waals surface area contributed by atoms with E-state index in [2.05, 4.69) is 0 Å². The molecule has 8 nitrogen and oxygen atoms in total. The lowest BCUT2D eigenvalue weighted by Gasteiger charge is -2.26. The molecule has 1 aromatic heterocycles. The lowest BCUT2D eigenvalue weighted by molar-refractivity contribution is -0.139. The Kier molecular flexibility index (Phi) is 8.21. The van der Waals surface area contributed by atoms with E-state index in [4.69, 9.17) is 24.5 Å². The quantitative estimate of drug-likeness (QED) is 0.403. The third kappa shape index (κ3) is 5.49. The number of fused-ring (bicyclic) bond motifs is 1. The lowest BCUT2D eigenvalue weighted by Crippen LogP contribution is -2.40.